The first-order valence-corrected chi connectivity index (χ1v) is 8.41. The maximum Gasteiger partial charge on any atom is 0.220 e. The number of carbonyl (C=O) groups is 1. The lowest BCUT2D eigenvalue weighted by atomic mass is 9.67. The molecule has 0 bridgehead atoms. The van der Waals surface area contributed by atoms with Crippen molar-refractivity contribution in [3.63, 3.8) is 0 Å². The molecule has 0 aromatic rings. The SMILES string of the molecule is CCC1(CNC(=NC)NCCCC(=O)NC2CC2)CCC1.I. The van der Waals surface area contributed by atoms with Gasteiger partial charge < -0.3 is 16.0 Å². The summed E-state index contributed by atoms with van der Waals surface area (Å²) in [5.74, 6) is 1.04. The maximum atomic E-state index is 11.6. The van der Waals surface area contributed by atoms with Gasteiger partial charge in [-0.15, -0.1) is 24.0 Å². The van der Waals surface area contributed by atoms with Gasteiger partial charge in [-0.25, -0.2) is 0 Å². The van der Waals surface area contributed by atoms with E-state index in [-0.39, 0.29) is 29.9 Å². The molecule has 3 N–H and O–H groups in total. The number of aliphatic imine (C=N–C) groups is 1. The van der Waals surface area contributed by atoms with Crippen LogP contribution in [0.5, 0.6) is 0 Å². The van der Waals surface area contributed by atoms with Crippen LogP contribution in [0, 0.1) is 5.41 Å². The zero-order valence-electron chi connectivity index (χ0n) is 13.9. The normalized spacial score (nSPS) is 19.6. The first-order valence-electron chi connectivity index (χ1n) is 8.41. The molecule has 6 heteroatoms. The number of carbonyl (C=O) groups excluding carboxylic acids is 1. The Morgan fingerprint density at radius 3 is 2.50 bits per heavy atom. The number of hydrogen-bond acceptors (Lipinski definition) is 2. The summed E-state index contributed by atoms with van der Waals surface area (Å²) in [7, 11) is 1.80. The zero-order valence-corrected chi connectivity index (χ0v) is 16.2. The van der Waals surface area contributed by atoms with Gasteiger partial charge in [0, 0.05) is 32.6 Å². The van der Waals surface area contributed by atoms with Crippen molar-refractivity contribution in [1.29, 1.82) is 0 Å². The van der Waals surface area contributed by atoms with Crippen LogP contribution in [0.15, 0.2) is 4.99 Å². The lowest BCUT2D eigenvalue weighted by Crippen LogP contribution is -2.46. The van der Waals surface area contributed by atoms with Gasteiger partial charge in [0.15, 0.2) is 5.96 Å². The average molecular weight is 422 g/mol. The molecule has 2 fully saturated rings. The quantitative estimate of drug-likeness (QED) is 0.244. The van der Waals surface area contributed by atoms with Crippen LogP contribution in [0.25, 0.3) is 0 Å². The van der Waals surface area contributed by atoms with Gasteiger partial charge in [-0.05, 0) is 43.9 Å². The molecule has 0 unspecified atom stereocenters. The highest BCUT2D eigenvalue weighted by molar-refractivity contribution is 14.0. The first-order chi connectivity index (χ1) is 10.2. The molecule has 2 aliphatic rings. The summed E-state index contributed by atoms with van der Waals surface area (Å²) in [5.41, 5.74) is 0.488. The van der Waals surface area contributed by atoms with Gasteiger partial charge in [0.05, 0.1) is 0 Å². The van der Waals surface area contributed by atoms with Crippen LogP contribution in [0.4, 0.5) is 0 Å². The van der Waals surface area contributed by atoms with E-state index in [4.69, 9.17) is 0 Å². The Labute approximate surface area is 151 Å². The predicted octanol–water partition coefficient (Wildman–Crippen LogP) is 2.41. The van der Waals surface area contributed by atoms with Crippen LogP contribution in [0.3, 0.4) is 0 Å². The van der Waals surface area contributed by atoms with Gasteiger partial charge in [0.25, 0.3) is 0 Å². The minimum Gasteiger partial charge on any atom is -0.356 e. The zero-order chi connectivity index (χ0) is 15.1. The van der Waals surface area contributed by atoms with E-state index in [9.17, 15) is 4.79 Å². The Morgan fingerprint density at radius 2 is 2.00 bits per heavy atom. The van der Waals surface area contributed by atoms with E-state index in [1.807, 2.05) is 0 Å². The van der Waals surface area contributed by atoms with E-state index in [1.165, 1.54) is 25.7 Å². The Kier molecular flexibility index (Phi) is 8.49. The van der Waals surface area contributed by atoms with E-state index in [1.54, 1.807) is 7.05 Å². The fourth-order valence-electron chi connectivity index (χ4n) is 2.81. The molecular weight excluding hydrogens is 391 g/mol. The number of nitrogens with zero attached hydrogens (tertiary/aromatic N) is 1. The summed E-state index contributed by atoms with van der Waals surface area (Å²) >= 11 is 0. The molecule has 0 atom stereocenters. The molecule has 0 radical (unpaired) electrons. The number of nitrogens with one attached hydrogen (secondary N) is 3. The molecule has 0 heterocycles. The molecule has 128 valence electrons. The molecule has 0 aromatic heterocycles. The van der Waals surface area contributed by atoms with Crippen molar-refractivity contribution in [1.82, 2.24) is 16.0 Å². The first kappa shape index (κ1) is 19.5. The second-order valence-corrected chi connectivity index (χ2v) is 6.50. The molecule has 22 heavy (non-hydrogen) atoms. The molecule has 2 saturated carbocycles. The van der Waals surface area contributed by atoms with Gasteiger partial charge in [0.2, 0.25) is 5.91 Å². The molecule has 0 saturated heterocycles. The fourth-order valence-corrected chi connectivity index (χ4v) is 2.81. The maximum absolute atomic E-state index is 11.6. The van der Waals surface area contributed by atoms with Crippen molar-refractivity contribution >= 4 is 35.8 Å². The molecule has 2 aliphatic carbocycles. The van der Waals surface area contributed by atoms with E-state index in [0.29, 0.717) is 17.9 Å². The van der Waals surface area contributed by atoms with Gasteiger partial charge >= 0.3 is 0 Å². The third-order valence-corrected chi connectivity index (χ3v) is 4.83. The average Bonchev–Trinajstić information content (AvgIpc) is 3.24. The van der Waals surface area contributed by atoms with E-state index < -0.39 is 0 Å². The second kappa shape index (κ2) is 9.57. The highest BCUT2D eigenvalue weighted by atomic mass is 127. The smallest absolute Gasteiger partial charge is 0.220 e. The summed E-state index contributed by atoms with van der Waals surface area (Å²) in [4.78, 5) is 15.8. The highest BCUT2D eigenvalue weighted by Crippen LogP contribution is 2.42. The summed E-state index contributed by atoms with van der Waals surface area (Å²) < 4.78 is 0. The number of halogens is 1. The van der Waals surface area contributed by atoms with Crippen LogP contribution >= 0.6 is 24.0 Å². The molecular formula is C16H31IN4O. The lowest BCUT2D eigenvalue weighted by molar-refractivity contribution is -0.121. The Morgan fingerprint density at radius 1 is 1.27 bits per heavy atom. The van der Waals surface area contributed by atoms with E-state index in [2.05, 4.69) is 27.9 Å². The number of rotatable bonds is 8. The summed E-state index contributed by atoms with van der Waals surface area (Å²) in [6, 6.07) is 0.465. The van der Waals surface area contributed by atoms with Crippen LogP contribution in [-0.2, 0) is 4.79 Å². The van der Waals surface area contributed by atoms with Gasteiger partial charge in [-0.2, -0.15) is 0 Å². The Bertz CT molecular complexity index is 373. The molecule has 5 nitrogen and oxygen atoms in total. The number of hydrogen-bond donors (Lipinski definition) is 3. The number of guanidine groups is 1. The van der Waals surface area contributed by atoms with Crippen molar-refractivity contribution in [2.45, 2.75) is 64.3 Å². The third kappa shape index (κ3) is 6.30. The van der Waals surface area contributed by atoms with Gasteiger partial charge in [-0.3, -0.25) is 9.79 Å². The molecule has 2 rings (SSSR count). The van der Waals surface area contributed by atoms with Gasteiger partial charge in [0.1, 0.15) is 0 Å². The van der Waals surface area contributed by atoms with Gasteiger partial charge in [-0.1, -0.05) is 13.3 Å². The van der Waals surface area contributed by atoms with Crippen molar-refractivity contribution in [2.24, 2.45) is 10.4 Å². The molecule has 0 aliphatic heterocycles. The van der Waals surface area contributed by atoms with Crippen molar-refractivity contribution in [3.05, 3.63) is 0 Å². The van der Waals surface area contributed by atoms with E-state index >= 15 is 0 Å². The van der Waals surface area contributed by atoms with Crippen molar-refractivity contribution in [2.75, 3.05) is 20.1 Å². The Hall–Kier alpha value is -0.530. The van der Waals surface area contributed by atoms with Crippen LogP contribution in [0.1, 0.15) is 58.3 Å². The monoisotopic (exact) mass is 422 g/mol. The second-order valence-electron chi connectivity index (χ2n) is 6.50. The minimum atomic E-state index is 0. The summed E-state index contributed by atoms with van der Waals surface area (Å²) in [6.07, 6.45) is 9.00. The fraction of sp³-hybridized carbons (Fsp3) is 0.875. The van der Waals surface area contributed by atoms with Crippen LogP contribution in [-0.4, -0.2) is 38.0 Å². The lowest BCUT2D eigenvalue weighted by Gasteiger charge is -2.41. The van der Waals surface area contributed by atoms with E-state index in [0.717, 1.165) is 38.3 Å². The molecule has 0 aromatic carbocycles. The molecule has 1 amide bonds. The van der Waals surface area contributed by atoms with Crippen LogP contribution in [0.2, 0.25) is 0 Å². The number of amides is 1. The molecule has 0 spiro atoms. The van der Waals surface area contributed by atoms with Crippen molar-refractivity contribution in [3.8, 4) is 0 Å². The summed E-state index contributed by atoms with van der Waals surface area (Å²) in [6.45, 7) is 4.07. The minimum absolute atomic E-state index is 0. The highest BCUT2D eigenvalue weighted by Gasteiger charge is 2.34. The van der Waals surface area contributed by atoms with Crippen molar-refractivity contribution < 1.29 is 4.79 Å². The van der Waals surface area contributed by atoms with Crippen LogP contribution < -0.4 is 16.0 Å². The summed E-state index contributed by atoms with van der Waals surface area (Å²) in [5, 5.41) is 9.74. The predicted molar refractivity (Wildman–Crippen MR) is 102 cm³/mol. The topological polar surface area (TPSA) is 65.5 Å². The standard InChI is InChI=1S/C16H30N4O.HI/c1-3-16(9-5-10-16)12-19-15(17-2)18-11-4-6-14(21)20-13-7-8-13;/h13H,3-12H2,1-2H3,(H,20,21)(H2,17,18,19);1H. The Balaban J connectivity index is 0.00000242. The third-order valence-electron chi connectivity index (χ3n) is 4.83. The largest absolute Gasteiger partial charge is 0.356 e.